The van der Waals surface area contributed by atoms with Gasteiger partial charge in [-0.1, -0.05) is 71.8 Å². The van der Waals surface area contributed by atoms with Gasteiger partial charge in [0.1, 0.15) is 11.5 Å². The molecule has 1 aliphatic rings. The van der Waals surface area contributed by atoms with Gasteiger partial charge in [0.25, 0.3) is 5.78 Å². The molecule has 3 aromatic carbocycles. The number of carbonyl (C=O) groups is 2. The van der Waals surface area contributed by atoms with Crippen molar-refractivity contribution in [1.29, 1.82) is 0 Å². The fourth-order valence-electron chi connectivity index (χ4n) is 4.92. The van der Waals surface area contributed by atoms with Crippen molar-refractivity contribution in [3.05, 3.63) is 93.0 Å². The molecule has 13 heteroatoms. The monoisotopic (exact) mass is 713 g/mol. The van der Waals surface area contributed by atoms with E-state index in [0.29, 0.717) is 68.3 Å². The average molecular weight is 715 g/mol. The molecular weight excluding hydrogens is 681 g/mol. The van der Waals surface area contributed by atoms with Crippen molar-refractivity contribution >= 4 is 68.9 Å². The maximum atomic E-state index is 13.7. The van der Waals surface area contributed by atoms with Crippen LogP contribution in [0.15, 0.2) is 70.6 Å². The van der Waals surface area contributed by atoms with Crippen LogP contribution in [0, 0.1) is 0 Å². The number of hydrogen-bond acceptors (Lipinski definition) is 10. The number of thioether (sulfide) groups is 1. The van der Waals surface area contributed by atoms with Crippen LogP contribution in [0.25, 0.3) is 5.76 Å². The summed E-state index contributed by atoms with van der Waals surface area (Å²) in [5.41, 5.74) is 1.66. The normalized spacial score (nSPS) is 15.7. The van der Waals surface area contributed by atoms with Crippen LogP contribution in [0.1, 0.15) is 56.3 Å². The lowest BCUT2D eigenvalue weighted by molar-refractivity contribution is -0.132. The molecule has 5 rings (SSSR count). The van der Waals surface area contributed by atoms with Gasteiger partial charge in [0, 0.05) is 21.4 Å². The summed E-state index contributed by atoms with van der Waals surface area (Å²) >= 11 is 14.9. The second kappa shape index (κ2) is 15.9. The Morgan fingerprint density at radius 3 is 2.40 bits per heavy atom. The van der Waals surface area contributed by atoms with Crippen molar-refractivity contribution in [3.8, 4) is 17.2 Å². The molecule has 1 unspecified atom stereocenters. The number of aliphatic hydroxyl groups is 1. The molecule has 0 aliphatic carbocycles. The maximum Gasteiger partial charge on any atom is 0.301 e. The highest BCUT2D eigenvalue weighted by Gasteiger charge is 2.48. The van der Waals surface area contributed by atoms with Crippen LogP contribution in [0.5, 0.6) is 17.2 Å². The smallest absolute Gasteiger partial charge is 0.301 e. The number of nitrogens with zero attached hydrogens (tertiary/aromatic N) is 3. The summed E-state index contributed by atoms with van der Waals surface area (Å²) in [7, 11) is 0. The first-order valence-corrected chi connectivity index (χ1v) is 17.6. The minimum absolute atomic E-state index is 0.0846. The van der Waals surface area contributed by atoms with E-state index in [-0.39, 0.29) is 16.5 Å². The highest BCUT2D eigenvalue weighted by atomic mass is 35.5. The van der Waals surface area contributed by atoms with Crippen LogP contribution in [0.2, 0.25) is 10.0 Å². The average Bonchev–Trinajstić information content (AvgIpc) is 3.63. The van der Waals surface area contributed by atoms with E-state index in [2.05, 4.69) is 17.1 Å². The quantitative estimate of drug-likeness (QED) is 0.0342. The number of aromatic nitrogens is 2. The van der Waals surface area contributed by atoms with Gasteiger partial charge >= 0.3 is 5.91 Å². The first-order valence-electron chi connectivity index (χ1n) is 15.1. The number of amides is 1. The van der Waals surface area contributed by atoms with Crippen LogP contribution >= 0.6 is 46.3 Å². The van der Waals surface area contributed by atoms with Crippen molar-refractivity contribution in [3.63, 3.8) is 0 Å². The largest absolute Gasteiger partial charge is 0.507 e. The van der Waals surface area contributed by atoms with Gasteiger partial charge in [-0.25, -0.2) is 0 Å². The van der Waals surface area contributed by atoms with Crippen molar-refractivity contribution in [1.82, 2.24) is 10.2 Å². The number of rotatable bonds is 14. The third-order valence-electron chi connectivity index (χ3n) is 7.19. The Bertz CT molecular complexity index is 1780. The van der Waals surface area contributed by atoms with Crippen molar-refractivity contribution in [2.75, 3.05) is 24.7 Å². The van der Waals surface area contributed by atoms with Gasteiger partial charge in [-0.15, -0.1) is 10.2 Å². The Balaban J connectivity index is 1.56. The lowest BCUT2D eigenvalue weighted by Crippen LogP contribution is -2.29. The zero-order valence-corrected chi connectivity index (χ0v) is 29.1. The second-order valence-corrected chi connectivity index (χ2v) is 13.4. The molecule has 0 radical (unpaired) electrons. The maximum absolute atomic E-state index is 13.7. The van der Waals surface area contributed by atoms with Gasteiger partial charge in [0.05, 0.1) is 31.4 Å². The highest BCUT2D eigenvalue weighted by Crippen LogP contribution is 2.46. The predicted octanol–water partition coefficient (Wildman–Crippen LogP) is 8.74. The van der Waals surface area contributed by atoms with Crippen LogP contribution in [-0.2, 0) is 15.3 Å². The van der Waals surface area contributed by atoms with Gasteiger partial charge in [-0.05, 0) is 79.9 Å². The Hall–Kier alpha value is -3.77. The third kappa shape index (κ3) is 7.86. The molecule has 0 saturated carbocycles. The Morgan fingerprint density at radius 1 is 0.936 bits per heavy atom. The molecule has 0 spiro atoms. The van der Waals surface area contributed by atoms with Gasteiger partial charge in [-0.2, -0.15) is 0 Å². The minimum Gasteiger partial charge on any atom is -0.507 e. The number of ketones is 1. The second-order valence-electron chi connectivity index (χ2n) is 10.3. The number of benzene rings is 3. The van der Waals surface area contributed by atoms with Crippen molar-refractivity contribution < 1.29 is 28.9 Å². The number of aliphatic hydroxyl groups excluding tert-OH is 1. The standard InChI is InChI=1S/C34H33Cl2N3O6S2/c1-4-7-16-45-26-15-11-21(17-27(26)44-6-3)29-28(30(40)20-9-13-24(14-10-20)43-5-2)31(41)32(42)39(29)33-37-38-34(47-33)46-19-22-8-12-23(35)18-25(22)36/h8-15,17-18,29,40H,4-7,16,19H2,1-3H3/b30-28+. The van der Waals surface area contributed by atoms with Gasteiger partial charge in [0.15, 0.2) is 15.8 Å². The molecule has 4 aromatic rings. The number of Topliss-reactive ketones (excluding diaryl/α,β-unsaturated/α-hetero) is 1. The van der Waals surface area contributed by atoms with Crippen molar-refractivity contribution in [2.24, 2.45) is 0 Å². The molecular formula is C34H33Cl2N3O6S2. The van der Waals surface area contributed by atoms with E-state index in [0.717, 1.165) is 29.7 Å². The molecule has 1 amide bonds. The minimum atomic E-state index is -1.03. The molecule has 47 heavy (non-hydrogen) atoms. The Kier molecular flexibility index (Phi) is 11.7. The fourth-order valence-corrected chi connectivity index (χ4v) is 7.35. The van der Waals surface area contributed by atoms with Crippen LogP contribution in [-0.4, -0.2) is 46.8 Å². The summed E-state index contributed by atoms with van der Waals surface area (Å²) in [5, 5.41) is 21.4. The summed E-state index contributed by atoms with van der Waals surface area (Å²) in [6, 6.07) is 16.2. The van der Waals surface area contributed by atoms with Crippen LogP contribution in [0.4, 0.5) is 5.13 Å². The van der Waals surface area contributed by atoms with Crippen LogP contribution < -0.4 is 19.1 Å². The molecule has 1 aliphatic heterocycles. The number of carbonyl (C=O) groups excluding carboxylic acids is 2. The molecule has 246 valence electrons. The first-order chi connectivity index (χ1) is 22.7. The van der Waals surface area contributed by atoms with E-state index in [1.54, 1.807) is 54.6 Å². The summed E-state index contributed by atoms with van der Waals surface area (Å²) in [6.45, 7) is 7.17. The number of hydrogen-bond donors (Lipinski definition) is 1. The van der Waals surface area contributed by atoms with Gasteiger partial charge in [0.2, 0.25) is 5.13 Å². The summed E-state index contributed by atoms with van der Waals surface area (Å²) in [6.07, 6.45) is 1.84. The van der Waals surface area contributed by atoms with E-state index in [9.17, 15) is 14.7 Å². The fraction of sp³-hybridized carbons (Fsp3) is 0.294. The Morgan fingerprint density at radius 2 is 1.70 bits per heavy atom. The summed E-state index contributed by atoms with van der Waals surface area (Å²) in [5.74, 6) is 0.0969. The highest BCUT2D eigenvalue weighted by molar-refractivity contribution is 8.00. The molecule has 2 heterocycles. The van der Waals surface area contributed by atoms with Crippen molar-refractivity contribution in [2.45, 2.75) is 49.7 Å². The topological polar surface area (TPSA) is 111 Å². The zero-order valence-electron chi connectivity index (χ0n) is 26.0. The third-order valence-corrected chi connectivity index (χ3v) is 9.88. The van der Waals surface area contributed by atoms with Gasteiger partial charge < -0.3 is 19.3 Å². The molecule has 9 nitrogen and oxygen atoms in total. The molecule has 1 saturated heterocycles. The Labute approximate surface area is 291 Å². The molecule has 0 bridgehead atoms. The SMILES string of the molecule is CCCCOc1ccc(C2/C(=C(\O)c3ccc(OCC)cc3)C(=O)C(=O)N2c2nnc(SCc3ccc(Cl)cc3Cl)s2)cc1OCC. The number of ether oxygens (including phenoxy) is 3. The first kappa shape index (κ1) is 34.6. The van der Waals surface area contributed by atoms with Crippen LogP contribution in [0.3, 0.4) is 0 Å². The van der Waals surface area contributed by atoms with Gasteiger partial charge in [-0.3, -0.25) is 14.5 Å². The van der Waals surface area contributed by atoms with E-state index in [1.165, 1.54) is 16.7 Å². The summed E-state index contributed by atoms with van der Waals surface area (Å²) < 4.78 is 18.0. The number of halogens is 2. The number of unbranched alkanes of at least 4 members (excludes halogenated alkanes) is 1. The van der Waals surface area contributed by atoms with E-state index < -0.39 is 17.7 Å². The number of anilines is 1. The lowest BCUT2D eigenvalue weighted by Gasteiger charge is -2.23. The molecule has 1 fully saturated rings. The van der Waals surface area contributed by atoms with E-state index >= 15 is 0 Å². The zero-order chi connectivity index (χ0) is 33.5. The summed E-state index contributed by atoms with van der Waals surface area (Å²) in [4.78, 5) is 28.8. The lowest BCUT2D eigenvalue weighted by atomic mass is 9.95. The molecule has 1 atom stereocenters. The molecule has 1 N–H and O–H groups in total. The predicted molar refractivity (Wildman–Crippen MR) is 186 cm³/mol. The van der Waals surface area contributed by atoms with E-state index in [1.807, 2.05) is 19.9 Å². The molecule has 1 aromatic heterocycles. The van der Waals surface area contributed by atoms with E-state index in [4.69, 9.17) is 37.4 Å².